The van der Waals surface area contributed by atoms with Gasteiger partial charge in [-0.15, -0.1) is 11.3 Å². The zero-order valence-corrected chi connectivity index (χ0v) is 12.3. The van der Waals surface area contributed by atoms with Crippen molar-refractivity contribution in [3.05, 3.63) is 16.6 Å². The zero-order chi connectivity index (χ0) is 13.5. The third kappa shape index (κ3) is 2.45. The molecular weight excluding hydrogens is 304 g/mol. The van der Waals surface area contributed by atoms with Crippen LogP contribution in [0.3, 0.4) is 0 Å². The first-order valence-electron chi connectivity index (χ1n) is 5.69. The molecule has 1 fully saturated rings. The Bertz CT molecular complexity index is 674. The summed E-state index contributed by atoms with van der Waals surface area (Å²) < 4.78 is 28.5. The number of sulfone groups is 1. The van der Waals surface area contributed by atoms with Gasteiger partial charge in [-0.1, -0.05) is 0 Å². The monoisotopic (exact) mass is 316 g/mol. The van der Waals surface area contributed by atoms with Gasteiger partial charge in [0, 0.05) is 11.1 Å². The Morgan fingerprint density at radius 3 is 2.89 bits per heavy atom. The average Bonchev–Trinajstić information content (AvgIpc) is 2.99. The molecule has 1 saturated carbocycles. The molecule has 9 heteroatoms. The first kappa shape index (κ1) is 12.8. The Balaban J connectivity index is 1.86. The summed E-state index contributed by atoms with van der Waals surface area (Å²) in [5.41, 5.74) is 7.45. The number of rotatable bonds is 5. The SMILES string of the molecule is Nc1nsc(NCc2cncs2)c1S(=O)(=O)C1CC1. The van der Waals surface area contributed by atoms with Crippen molar-refractivity contribution in [1.29, 1.82) is 0 Å². The Morgan fingerprint density at radius 1 is 1.47 bits per heavy atom. The number of aromatic nitrogens is 2. The molecule has 0 amide bonds. The summed E-state index contributed by atoms with van der Waals surface area (Å²) in [5, 5.41) is 3.34. The maximum Gasteiger partial charge on any atom is 0.187 e. The second kappa shape index (κ2) is 4.73. The van der Waals surface area contributed by atoms with Crippen LogP contribution in [0.2, 0.25) is 0 Å². The van der Waals surface area contributed by atoms with E-state index in [1.54, 1.807) is 11.7 Å². The molecule has 1 aliphatic carbocycles. The molecule has 2 aromatic heterocycles. The number of nitrogens with zero attached hydrogens (tertiary/aromatic N) is 2. The first-order chi connectivity index (χ1) is 9.09. The van der Waals surface area contributed by atoms with Gasteiger partial charge in [0.2, 0.25) is 0 Å². The molecule has 6 nitrogen and oxygen atoms in total. The van der Waals surface area contributed by atoms with E-state index in [0.717, 1.165) is 16.4 Å². The van der Waals surface area contributed by atoms with Crippen molar-refractivity contribution in [2.75, 3.05) is 11.1 Å². The summed E-state index contributed by atoms with van der Waals surface area (Å²) in [7, 11) is -3.33. The van der Waals surface area contributed by atoms with Crippen molar-refractivity contribution in [2.45, 2.75) is 29.5 Å². The van der Waals surface area contributed by atoms with Gasteiger partial charge in [-0.25, -0.2) is 8.42 Å². The van der Waals surface area contributed by atoms with Crippen LogP contribution >= 0.6 is 22.9 Å². The Hall–Kier alpha value is -1.19. The van der Waals surface area contributed by atoms with E-state index < -0.39 is 9.84 Å². The summed E-state index contributed by atoms with van der Waals surface area (Å²) in [4.78, 5) is 5.17. The van der Waals surface area contributed by atoms with Crippen LogP contribution in [0.15, 0.2) is 16.6 Å². The molecular formula is C10H12N4O2S3. The molecule has 1 aliphatic rings. The summed E-state index contributed by atoms with van der Waals surface area (Å²) in [6.07, 6.45) is 3.18. The van der Waals surface area contributed by atoms with E-state index in [4.69, 9.17) is 5.73 Å². The molecule has 2 heterocycles. The third-order valence-electron chi connectivity index (χ3n) is 2.83. The first-order valence-corrected chi connectivity index (χ1v) is 8.89. The van der Waals surface area contributed by atoms with Crippen molar-refractivity contribution in [1.82, 2.24) is 9.36 Å². The molecule has 0 atom stereocenters. The fourth-order valence-corrected chi connectivity index (χ4v) is 5.14. The van der Waals surface area contributed by atoms with Gasteiger partial charge in [0.1, 0.15) is 9.90 Å². The number of hydrogen-bond donors (Lipinski definition) is 2. The van der Waals surface area contributed by atoms with Gasteiger partial charge in [0.05, 0.1) is 17.3 Å². The smallest absolute Gasteiger partial charge is 0.187 e. The van der Waals surface area contributed by atoms with Gasteiger partial charge in [-0.05, 0) is 24.4 Å². The number of thiazole rings is 1. The Kier molecular flexibility index (Phi) is 3.19. The summed E-state index contributed by atoms with van der Waals surface area (Å²) in [6, 6.07) is 0. The van der Waals surface area contributed by atoms with Crippen molar-refractivity contribution < 1.29 is 8.42 Å². The topological polar surface area (TPSA) is 98.0 Å². The minimum Gasteiger partial charge on any atom is -0.382 e. The van der Waals surface area contributed by atoms with E-state index in [9.17, 15) is 8.42 Å². The highest BCUT2D eigenvalue weighted by Gasteiger charge is 2.40. The largest absolute Gasteiger partial charge is 0.382 e. The highest BCUT2D eigenvalue weighted by molar-refractivity contribution is 7.92. The fourth-order valence-electron chi connectivity index (χ4n) is 1.72. The van der Waals surface area contributed by atoms with Crippen LogP contribution in [-0.2, 0) is 16.4 Å². The lowest BCUT2D eigenvalue weighted by Crippen LogP contribution is -2.11. The van der Waals surface area contributed by atoms with E-state index in [-0.39, 0.29) is 16.0 Å². The molecule has 3 rings (SSSR count). The molecule has 3 N–H and O–H groups in total. The molecule has 0 unspecified atom stereocenters. The lowest BCUT2D eigenvalue weighted by Gasteiger charge is -2.06. The molecule has 0 spiro atoms. The minimum atomic E-state index is -3.33. The van der Waals surface area contributed by atoms with Gasteiger partial charge in [0.25, 0.3) is 0 Å². The molecule has 0 aliphatic heterocycles. The predicted octanol–water partition coefficient (Wildman–Crippen LogP) is 1.73. The molecule has 0 radical (unpaired) electrons. The Labute approximate surface area is 118 Å². The maximum atomic E-state index is 12.3. The summed E-state index contributed by atoms with van der Waals surface area (Å²) >= 11 is 2.60. The van der Waals surface area contributed by atoms with Gasteiger partial charge in [-0.2, -0.15) is 4.37 Å². The lowest BCUT2D eigenvalue weighted by atomic mass is 10.5. The zero-order valence-electron chi connectivity index (χ0n) is 9.87. The minimum absolute atomic E-state index is 0.101. The third-order valence-corrected chi connectivity index (χ3v) is 6.89. The molecule has 102 valence electrons. The van der Waals surface area contributed by atoms with Crippen molar-refractivity contribution in [3.63, 3.8) is 0 Å². The van der Waals surface area contributed by atoms with Crippen LogP contribution in [0.4, 0.5) is 10.8 Å². The molecule has 0 bridgehead atoms. The lowest BCUT2D eigenvalue weighted by molar-refractivity contribution is 0.595. The van der Waals surface area contributed by atoms with Gasteiger partial charge in [0.15, 0.2) is 15.7 Å². The van der Waals surface area contributed by atoms with Crippen molar-refractivity contribution in [3.8, 4) is 0 Å². The molecule has 0 saturated heterocycles. The van der Waals surface area contributed by atoms with E-state index in [1.165, 1.54) is 11.3 Å². The van der Waals surface area contributed by atoms with Crippen LogP contribution in [0.1, 0.15) is 17.7 Å². The van der Waals surface area contributed by atoms with Crippen LogP contribution in [0, 0.1) is 0 Å². The number of hydrogen-bond acceptors (Lipinski definition) is 8. The van der Waals surface area contributed by atoms with Crippen LogP contribution < -0.4 is 11.1 Å². The molecule has 2 aromatic rings. The summed E-state index contributed by atoms with van der Waals surface area (Å²) in [5.74, 6) is 0.101. The quantitative estimate of drug-likeness (QED) is 0.871. The van der Waals surface area contributed by atoms with Gasteiger partial charge in [-0.3, -0.25) is 4.98 Å². The fraction of sp³-hybridized carbons (Fsp3) is 0.400. The van der Waals surface area contributed by atoms with E-state index in [1.807, 2.05) is 0 Å². The second-order valence-electron chi connectivity index (χ2n) is 4.29. The van der Waals surface area contributed by atoms with Crippen molar-refractivity contribution >= 4 is 43.5 Å². The van der Waals surface area contributed by atoms with Crippen LogP contribution in [0.25, 0.3) is 0 Å². The highest BCUT2D eigenvalue weighted by atomic mass is 32.2. The van der Waals surface area contributed by atoms with E-state index in [0.29, 0.717) is 24.4 Å². The van der Waals surface area contributed by atoms with Gasteiger partial charge < -0.3 is 11.1 Å². The van der Waals surface area contributed by atoms with Gasteiger partial charge >= 0.3 is 0 Å². The number of nitrogens with one attached hydrogen (secondary N) is 1. The maximum absolute atomic E-state index is 12.3. The highest BCUT2D eigenvalue weighted by Crippen LogP contribution is 2.41. The number of anilines is 2. The van der Waals surface area contributed by atoms with Crippen LogP contribution in [0.5, 0.6) is 0 Å². The molecule has 0 aromatic carbocycles. The summed E-state index contributed by atoms with van der Waals surface area (Å²) in [6.45, 7) is 0.527. The molecule has 19 heavy (non-hydrogen) atoms. The van der Waals surface area contributed by atoms with E-state index in [2.05, 4.69) is 14.7 Å². The number of nitrogens with two attached hydrogens (primary N) is 1. The van der Waals surface area contributed by atoms with Crippen LogP contribution in [-0.4, -0.2) is 23.0 Å². The normalized spacial score (nSPS) is 15.6. The van der Waals surface area contributed by atoms with Crippen molar-refractivity contribution in [2.24, 2.45) is 0 Å². The average molecular weight is 316 g/mol. The number of nitrogen functional groups attached to an aromatic ring is 1. The van der Waals surface area contributed by atoms with E-state index >= 15 is 0 Å². The standard InChI is InChI=1S/C10H12N4O2S3/c11-9-8(19(15,16)7-1-2-7)10(18-14-9)13-4-6-3-12-5-17-6/h3,5,7,13H,1-2,4H2,(H2,11,14). The second-order valence-corrected chi connectivity index (χ2v) is 8.20. The predicted molar refractivity (Wildman–Crippen MR) is 76.2 cm³/mol. The Morgan fingerprint density at radius 2 is 2.26 bits per heavy atom.